The predicted molar refractivity (Wildman–Crippen MR) is 120 cm³/mol. The van der Waals surface area contributed by atoms with Gasteiger partial charge in [-0.3, -0.25) is 0 Å². The van der Waals surface area contributed by atoms with Gasteiger partial charge in [-0.1, -0.05) is 23.7 Å². The van der Waals surface area contributed by atoms with Gasteiger partial charge in [0.25, 0.3) is 0 Å². The molecule has 7 heteroatoms. The van der Waals surface area contributed by atoms with E-state index in [1.165, 1.54) is 18.2 Å². The molecule has 0 radical (unpaired) electrons. The lowest BCUT2D eigenvalue weighted by atomic mass is 10.0. The molecule has 0 spiro atoms. The number of hydrogen-bond donors (Lipinski definition) is 0. The first kappa shape index (κ1) is 20.0. The van der Waals surface area contributed by atoms with Crippen molar-refractivity contribution >= 4 is 33.5 Å². The molecule has 0 unspecified atom stereocenters. The molecule has 0 saturated carbocycles. The lowest BCUT2D eigenvalue weighted by Crippen LogP contribution is -2.06. The van der Waals surface area contributed by atoms with E-state index in [1.807, 2.05) is 0 Å². The van der Waals surface area contributed by atoms with Crippen molar-refractivity contribution in [1.82, 2.24) is 0 Å². The van der Waals surface area contributed by atoms with E-state index in [-0.39, 0.29) is 23.6 Å². The molecule has 0 fully saturated rings. The summed E-state index contributed by atoms with van der Waals surface area (Å²) in [6.45, 7) is 0.141. The Hall–Kier alpha value is -3.90. The van der Waals surface area contributed by atoms with E-state index in [9.17, 15) is 14.0 Å². The third-order valence-electron chi connectivity index (χ3n) is 4.99. The van der Waals surface area contributed by atoms with Crippen molar-refractivity contribution in [2.24, 2.45) is 0 Å². The lowest BCUT2D eigenvalue weighted by Gasteiger charge is -2.09. The molecule has 0 atom stereocenters. The normalized spacial score (nSPS) is 11.2. The van der Waals surface area contributed by atoms with E-state index >= 15 is 0 Å². The summed E-state index contributed by atoms with van der Waals surface area (Å²) in [5, 5.41) is 1.66. The van der Waals surface area contributed by atoms with Gasteiger partial charge in [-0.15, -0.1) is 0 Å². The lowest BCUT2D eigenvalue weighted by molar-refractivity contribution is 0.305. The first-order valence-electron chi connectivity index (χ1n) is 9.65. The molecule has 0 aliphatic carbocycles. The van der Waals surface area contributed by atoms with Crippen LogP contribution in [0.3, 0.4) is 0 Å². The van der Waals surface area contributed by atoms with Crippen molar-refractivity contribution in [3.63, 3.8) is 0 Å². The third kappa shape index (κ3) is 3.88. The average molecular weight is 449 g/mol. The summed E-state index contributed by atoms with van der Waals surface area (Å²) >= 11 is 6.06. The van der Waals surface area contributed by atoms with Crippen LogP contribution in [-0.4, -0.2) is 0 Å². The van der Waals surface area contributed by atoms with Crippen LogP contribution in [0.1, 0.15) is 5.56 Å². The molecular formula is C25H14ClFO5. The molecule has 0 N–H and O–H groups in total. The van der Waals surface area contributed by atoms with Crippen LogP contribution in [0.25, 0.3) is 33.1 Å². The summed E-state index contributed by atoms with van der Waals surface area (Å²) in [5.41, 5.74) is 0.680. The summed E-state index contributed by atoms with van der Waals surface area (Å²) in [7, 11) is 0. The van der Waals surface area contributed by atoms with Gasteiger partial charge in [0.2, 0.25) is 0 Å². The Morgan fingerprint density at radius 1 is 0.844 bits per heavy atom. The number of benzene rings is 3. The van der Waals surface area contributed by atoms with Crippen molar-refractivity contribution in [2.45, 2.75) is 6.61 Å². The highest BCUT2D eigenvalue weighted by Gasteiger charge is 2.15. The molecule has 0 saturated heterocycles. The van der Waals surface area contributed by atoms with Crippen LogP contribution in [0.4, 0.5) is 4.39 Å². The molecule has 2 aromatic heterocycles. The zero-order valence-electron chi connectivity index (χ0n) is 16.4. The Morgan fingerprint density at radius 2 is 1.72 bits per heavy atom. The van der Waals surface area contributed by atoms with Crippen LogP contribution in [0.5, 0.6) is 5.75 Å². The van der Waals surface area contributed by atoms with Crippen LogP contribution in [0.15, 0.2) is 91.2 Å². The molecule has 5 nitrogen and oxygen atoms in total. The average Bonchev–Trinajstić information content (AvgIpc) is 2.77. The third-order valence-corrected chi connectivity index (χ3v) is 5.23. The summed E-state index contributed by atoms with van der Waals surface area (Å²) in [5.74, 6) is 0.0788. The molecule has 32 heavy (non-hydrogen) atoms. The largest absolute Gasteiger partial charge is 0.489 e. The summed E-state index contributed by atoms with van der Waals surface area (Å²) < 4.78 is 29.8. The maximum absolute atomic E-state index is 13.4. The van der Waals surface area contributed by atoms with Crippen molar-refractivity contribution in [1.29, 1.82) is 0 Å². The SMILES string of the molecule is O=c1cc(-c2cc3cc(Cl)ccc3oc2=O)c2ccc(OCc3cccc(F)c3)cc2o1. The van der Waals surface area contributed by atoms with Crippen LogP contribution in [0.2, 0.25) is 5.02 Å². The molecule has 0 amide bonds. The fraction of sp³-hybridized carbons (Fsp3) is 0.0400. The second-order valence-corrected chi connectivity index (χ2v) is 7.62. The monoisotopic (exact) mass is 448 g/mol. The van der Waals surface area contributed by atoms with Crippen LogP contribution >= 0.6 is 11.6 Å². The summed E-state index contributed by atoms with van der Waals surface area (Å²) in [6.07, 6.45) is 0. The molecule has 5 aromatic rings. The van der Waals surface area contributed by atoms with Crippen molar-refractivity contribution in [3.05, 3.63) is 110 Å². The second kappa shape index (κ2) is 7.98. The van der Waals surface area contributed by atoms with Crippen LogP contribution in [-0.2, 0) is 6.61 Å². The van der Waals surface area contributed by atoms with Crippen molar-refractivity contribution in [3.8, 4) is 16.9 Å². The maximum atomic E-state index is 13.4. The minimum absolute atomic E-state index is 0.141. The predicted octanol–water partition coefficient (Wildman–Crippen LogP) is 5.94. The van der Waals surface area contributed by atoms with E-state index in [0.29, 0.717) is 38.3 Å². The van der Waals surface area contributed by atoms with Gasteiger partial charge in [-0.2, -0.15) is 0 Å². The minimum atomic E-state index is -0.625. The topological polar surface area (TPSA) is 69.7 Å². The van der Waals surface area contributed by atoms with E-state index in [0.717, 1.165) is 0 Å². The van der Waals surface area contributed by atoms with E-state index in [1.54, 1.807) is 54.6 Å². The molecular weight excluding hydrogens is 435 g/mol. The molecule has 5 rings (SSSR count). The highest BCUT2D eigenvalue weighted by Crippen LogP contribution is 2.30. The first-order valence-corrected chi connectivity index (χ1v) is 10.0. The van der Waals surface area contributed by atoms with Gasteiger partial charge >= 0.3 is 11.3 Å². The molecule has 2 heterocycles. The Kier molecular flexibility index (Phi) is 4.99. The van der Waals surface area contributed by atoms with Crippen LogP contribution < -0.4 is 16.0 Å². The first-order chi connectivity index (χ1) is 15.5. The molecule has 0 bridgehead atoms. The number of halogens is 2. The zero-order chi connectivity index (χ0) is 22.2. The van der Waals surface area contributed by atoms with Crippen molar-refractivity contribution < 1.29 is 18.0 Å². The fourth-order valence-electron chi connectivity index (χ4n) is 3.53. The standard InChI is InChI=1S/C25H14ClFO5/c26-16-4-7-22-15(9-16)10-21(25(29)32-22)20-12-24(28)31-23-11-18(5-6-19(20)23)30-13-14-2-1-3-17(27)8-14/h1-12H,13H2. The van der Waals surface area contributed by atoms with E-state index in [2.05, 4.69) is 0 Å². The second-order valence-electron chi connectivity index (χ2n) is 7.19. The van der Waals surface area contributed by atoms with E-state index < -0.39 is 11.3 Å². The molecule has 0 aliphatic rings. The summed E-state index contributed by atoms with van der Waals surface area (Å²) in [6, 6.07) is 18.8. The Labute approximate surface area is 185 Å². The number of hydrogen-bond acceptors (Lipinski definition) is 5. The quantitative estimate of drug-likeness (QED) is 0.318. The van der Waals surface area contributed by atoms with Gasteiger partial charge in [0, 0.05) is 33.5 Å². The van der Waals surface area contributed by atoms with Gasteiger partial charge in [0.1, 0.15) is 29.3 Å². The van der Waals surface area contributed by atoms with Gasteiger partial charge in [0.05, 0.1) is 5.56 Å². The fourth-order valence-corrected chi connectivity index (χ4v) is 3.71. The summed E-state index contributed by atoms with van der Waals surface area (Å²) in [4.78, 5) is 24.9. The van der Waals surface area contributed by atoms with Crippen molar-refractivity contribution in [2.75, 3.05) is 0 Å². The smallest absolute Gasteiger partial charge is 0.344 e. The van der Waals surface area contributed by atoms with Gasteiger partial charge in [-0.25, -0.2) is 14.0 Å². The number of ether oxygens (including phenoxy) is 1. The Morgan fingerprint density at radius 3 is 2.56 bits per heavy atom. The number of rotatable bonds is 4. The zero-order valence-corrected chi connectivity index (χ0v) is 17.2. The van der Waals surface area contributed by atoms with Gasteiger partial charge < -0.3 is 13.6 Å². The minimum Gasteiger partial charge on any atom is -0.489 e. The van der Waals surface area contributed by atoms with Gasteiger partial charge in [0.15, 0.2) is 0 Å². The maximum Gasteiger partial charge on any atom is 0.344 e. The van der Waals surface area contributed by atoms with Gasteiger partial charge in [-0.05, 0) is 54.1 Å². The number of fused-ring (bicyclic) bond motifs is 2. The van der Waals surface area contributed by atoms with Crippen LogP contribution in [0, 0.1) is 5.82 Å². The highest BCUT2D eigenvalue weighted by molar-refractivity contribution is 6.31. The van der Waals surface area contributed by atoms with E-state index in [4.69, 9.17) is 25.2 Å². The Balaban J connectivity index is 1.57. The Bertz CT molecular complexity index is 1600. The molecule has 158 valence electrons. The highest BCUT2D eigenvalue weighted by atomic mass is 35.5. The molecule has 3 aromatic carbocycles. The molecule has 0 aliphatic heterocycles.